The monoisotopic (exact) mass is 273 g/mol. The molecule has 0 fully saturated rings. The van der Waals surface area contributed by atoms with Crippen LogP contribution in [0.1, 0.15) is 24.1 Å². The molecule has 1 unspecified atom stereocenters. The zero-order chi connectivity index (χ0) is 14.4. The molecule has 3 heteroatoms. The Morgan fingerprint density at radius 3 is 2.65 bits per heavy atom. The van der Waals surface area contributed by atoms with Crippen LogP contribution in [0.4, 0.5) is 4.39 Å². The molecule has 0 bridgehead atoms. The smallest absolute Gasteiger partial charge is 0.123 e. The van der Waals surface area contributed by atoms with Gasteiger partial charge in [-0.05, 0) is 42.3 Å². The number of halogens is 1. The Hall–Kier alpha value is -1.87. The van der Waals surface area contributed by atoms with Gasteiger partial charge in [0.15, 0.2) is 0 Å². The van der Waals surface area contributed by atoms with Crippen LogP contribution in [-0.4, -0.2) is 13.7 Å². The van der Waals surface area contributed by atoms with Gasteiger partial charge in [0.1, 0.15) is 11.6 Å². The summed E-state index contributed by atoms with van der Waals surface area (Å²) < 4.78 is 18.8. The molecule has 20 heavy (non-hydrogen) atoms. The van der Waals surface area contributed by atoms with E-state index >= 15 is 0 Å². The number of rotatable bonds is 6. The van der Waals surface area contributed by atoms with E-state index in [2.05, 4.69) is 12.2 Å². The van der Waals surface area contributed by atoms with E-state index in [0.717, 1.165) is 29.8 Å². The van der Waals surface area contributed by atoms with Gasteiger partial charge in [0, 0.05) is 6.04 Å². The van der Waals surface area contributed by atoms with Crippen LogP contribution < -0.4 is 10.1 Å². The summed E-state index contributed by atoms with van der Waals surface area (Å²) in [5, 5.41) is 3.40. The number of methoxy groups -OCH3 is 1. The van der Waals surface area contributed by atoms with E-state index in [1.807, 2.05) is 30.3 Å². The van der Waals surface area contributed by atoms with Crippen molar-refractivity contribution in [3.8, 4) is 5.75 Å². The molecule has 0 aliphatic carbocycles. The first-order valence-electron chi connectivity index (χ1n) is 6.85. The van der Waals surface area contributed by atoms with Gasteiger partial charge in [-0.3, -0.25) is 0 Å². The summed E-state index contributed by atoms with van der Waals surface area (Å²) in [4.78, 5) is 0. The average Bonchev–Trinajstić information content (AvgIpc) is 2.47. The number of benzene rings is 2. The first kappa shape index (κ1) is 14.5. The third-order valence-corrected chi connectivity index (χ3v) is 3.32. The van der Waals surface area contributed by atoms with Crippen LogP contribution in [0, 0.1) is 5.82 Å². The first-order valence-corrected chi connectivity index (χ1v) is 6.85. The van der Waals surface area contributed by atoms with E-state index in [9.17, 15) is 4.39 Å². The maximum Gasteiger partial charge on any atom is 0.123 e. The van der Waals surface area contributed by atoms with E-state index < -0.39 is 0 Å². The van der Waals surface area contributed by atoms with Crippen molar-refractivity contribution in [2.24, 2.45) is 0 Å². The number of ether oxygens (including phenoxy) is 1. The highest BCUT2D eigenvalue weighted by Gasteiger charge is 2.14. The Balaban J connectivity index is 2.25. The van der Waals surface area contributed by atoms with Crippen LogP contribution >= 0.6 is 0 Å². The van der Waals surface area contributed by atoms with Crippen molar-refractivity contribution in [1.29, 1.82) is 0 Å². The van der Waals surface area contributed by atoms with Crippen molar-refractivity contribution in [1.82, 2.24) is 5.32 Å². The Bertz CT molecular complexity index is 556. The fourth-order valence-corrected chi connectivity index (χ4v) is 2.37. The molecule has 2 rings (SSSR count). The minimum Gasteiger partial charge on any atom is -0.496 e. The van der Waals surface area contributed by atoms with Gasteiger partial charge in [0.25, 0.3) is 0 Å². The predicted molar refractivity (Wildman–Crippen MR) is 79.5 cm³/mol. The molecule has 0 amide bonds. The molecule has 0 aromatic heterocycles. The third kappa shape index (κ3) is 3.58. The number of hydrogen-bond donors (Lipinski definition) is 1. The molecule has 2 aromatic carbocycles. The number of nitrogens with one attached hydrogen (secondary N) is 1. The lowest BCUT2D eigenvalue weighted by atomic mass is 9.98. The van der Waals surface area contributed by atoms with E-state index in [0.29, 0.717) is 0 Å². The zero-order valence-electron chi connectivity index (χ0n) is 11.9. The van der Waals surface area contributed by atoms with Crippen molar-refractivity contribution in [3.63, 3.8) is 0 Å². The normalized spacial score (nSPS) is 12.2. The summed E-state index contributed by atoms with van der Waals surface area (Å²) in [6.07, 6.45) is 0.765. The molecule has 106 valence electrons. The summed E-state index contributed by atoms with van der Waals surface area (Å²) in [5.74, 6) is 0.664. The fourth-order valence-electron chi connectivity index (χ4n) is 2.37. The Morgan fingerprint density at radius 1 is 1.15 bits per heavy atom. The van der Waals surface area contributed by atoms with Crippen LogP contribution in [0.2, 0.25) is 0 Å². The zero-order valence-corrected chi connectivity index (χ0v) is 11.9. The van der Waals surface area contributed by atoms with Crippen LogP contribution in [0.15, 0.2) is 48.5 Å². The molecule has 1 N–H and O–H groups in total. The van der Waals surface area contributed by atoms with E-state index in [1.54, 1.807) is 19.2 Å². The third-order valence-electron chi connectivity index (χ3n) is 3.32. The molecule has 2 aromatic rings. The Morgan fingerprint density at radius 2 is 1.95 bits per heavy atom. The second kappa shape index (κ2) is 7.06. The molecule has 0 aliphatic rings. The average molecular weight is 273 g/mol. The van der Waals surface area contributed by atoms with Crippen molar-refractivity contribution in [2.75, 3.05) is 13.7 Å². The predicted octanol–water partition coefficient (Wildman–Crippen LogP) is 3.73. The second-order valence-corrected chi connectivity index (χ2v) is 4.68. The molecule has 0 spiro atoms. The van der Waals surface area contributed by atoms with Gasteiger partial charge in [-0.2, -0.15) is 0 Å². The van der Waals surface area contributed by atoms with E-state index in [4.69, 9.17) is 4.74 Å². The molecular formula is C17H20FNO. The largest absolute Gasteiger partial charge is 0.496 e. The fraction of sp³-hybridized carbons (Fsp3) is 0.294. The van der Waals surface area contributed by atoms with Gasteiger partial charge < -0.3 is 10.1 Å². The molecule has 2 nitrogen and oxygen atoms in total. The van der Waals surface area contributed by atoms with E-state index in [-0.39, 0.29) is 11.9 Å². The Kier molecular flexibility index (Phi) is 5.13. The van der Waals surface area contributed by atoms with Crippen molar-refractivity contribution < 1.29 is 9.13 Å². The lowest BCUT2D eigenvalue weighted by Crippen LogP contribution is -2.23. The molecule has 1 atom stereocenters. The van der Waals surface area contributed by atoms with E-state index in [1.165, 1.54) is 6.07 Å². The molecule has 0 aliphatic heterocycles. The summed E-state index contributed by atoms with van der Waals surface area (Å²) in [6, 6.07) is 14.8. The molecule has 0 saturated carbocycles. The topological polar surface area (TPSA) is 21.3 Å². The minimum absolute atomic E-state index is 0.0759. The first-order chi connectivity index (χ1) is 9.74. The highest BCUT2D eigenvalue weighted by atomic mass is 19.1. The standard InChI is InChI=1S/C17H20FNO/c1-3-19-16(13-8-6-9-15(18)11-13)12-14-7-4-5-10-17(14)20-2/h4-11,16,19H,3,12H2,1-2H3. The van der Waals surface area contributed by atoms with Gasteiger partial charge in [0.2, 0.25) is 0 Å². The van der Waals surface area contributed by atoms with Crippen LogP contribution in [0.5, 0.6) is 5.75 Å². The summed E-state index contributed by atoms with van der Waals surface area (Å²) in [6.45, 7) is 2.88. The maximum atomic E-state index is 13.4. The Labute approximate surface area is 119 Å². The highest BCUT2D eigenvalue weighted by Crippen LogP contribution is 2.25. The van der Waals surface area contributed by atoms with Gasteiger partial charge >= 0.3 is 0 Å². The number of likely N-dealkylation sites (N-methyl/N-ethyl adjacent to an activating group) is 1. The SMILES string of the molecule is CCNC(Cc1ccccc1OC)c1cccc(F)c1. The number of para-hydroxylation sites is 1. The van der Waals surface area contributed by atoms with Gasteiger partial charge in [-0.1, -0.05) is 37.3 Å². The summed E-state index contributed by atoms with van der Waals surface area (Å²) in [5.41, 5.74) is 2.07. The van der Waals surface area contributed by atoms with Crippen molar-refractivity contribution in [2.45, 2.75) is 19.4 Å². The lowest BCUT2D eigenvalue weighted by Gasteiger charge is -2.20. The highest BCUT2D eigenvalue weighted by molar-refractivity contribution is 5.35. The molecule has 0 saturated heterocycles. The number of hydrogen-bond acceptors (Lipinski definition) is 2. The van der Waals surface area contributed by atoms with Crippen LogP contribution in [0.3, 0.4) is 0 Å². The minimum atomic E-state index is -0.203. The lowest BCUT2D eigenvalue weighted by molar-refractivity contribution is 0.405. The molecule has 0 radical (unpaired) electrons. The quantitative estimate of drug-likeness (QED) is 0.866. The van der Waals surface area contributed by atoms with Gasteiger partial charge in [-0.15, -0.1) is 0 Å². The molecular weight excluding hydrogens is 253 g/mol. The summed E-state index contributed by atoms with van der Waals surface area (Å²) >= 11 is 0. The van der Waals surface area contributed by atoms with Crippen molar-refractivity contribution >= 4 is 0 Å². The van der Waals surface area contributed by atoms with Gasteiger partial charge in [-0.25, -0.2) is 4.39 Å². The second-order valence-electron chi connectivity index (χ2n) is 4.68. The molecule has 0 heterocycles. The van der Waals surface area contributed by atoms with Crippen LogP contribution in [-0.2, 0) is 6.42 Å². The van der Waals surface area contributed by atoms with Crippen molar-refractivity contribution in [3.05, 3.63) is 65.5 Å². The van der Waals surface area contributed by atoms with Crippen LogP contribution in [0.25, 0.3) is 0 Å². The maximum absolute atomic E-state index is 13.4. The summed E-state index contributed by atoms with van der Waals surface area (Å²) in [7, 11) is 1.67. The van der Waals surface area contributed by atoms with Gasteiger partial charge in [0.05, 0.1) is 7.11 Å².